The Morgan fingerprint density at radius 2 is 1.54 bits per heavy atom. The van der Waals surface area contributed by atoms with Crippen molar-refractivity contribution >= 4 is 35.4 Å². The first kappa shape index (κ1) is 15.6. The Balaban J connectivity index is 1.91. The van der Waals surface area contributed by atoms with Gasteiger partial charge in [-0.25, -0.2) is 0 Å². The fraction of sp³-hybridized carbons (Fsp3) is 0.100. The molecular weight excluding hydrogens is 333 g/mol. The summed E-state index contributed by atoms with van der Waals surface area (Å²) < 4.78 is 16.4. The van der Waals surface area contributed by atoms with Crippen LogP contribution in [-0.2, 0) is 11.1 Å². The molecule has 1 heterocycles. The van der Waals surface area contributed by atoms with Gasteiger partial charge in [-0.3, -0.25) is 4.57 Å². The van der Waals surface area contributed by atoms with Crippen LogP contribution in [0.1, 0.15) is 5.56 Å². The summed E-state index contributed by atoms with van der Waals surface area (Å²) in [4.78, 5) is 1.18. The van der Waals surface area contributed by atoms with Gasteiger partial charge in [-0.05, 0) is 54.3 Å². The zero-order valence-corrected chi connectivity index (χ0v) is 15.1. The van der Waals surface area contributed by atoms with Gasteiger partial charge in [0.25, 0.3) is 0 Å². The minimum Gasteiger partial charge on any atom is -0.311 e. The quantitative estimate of drug-likeness (QED) is 0.506. The van der Waals surface area contributed by atoms with Crippen LogP contribution in [0, 0.1) is 0 Å². The number of hydrogen-bond acceptors (Lipinski definition) is 2. The highest BCUT2D eigenvalue weighted by Crippen LogP contribution is 2.55. The molecule has 3 aromatic carbocycles. The van der Waals surface area contributed by atoms with E-state index in [0.717, 1.165) is 21.9 Å². The number of benzene rings is 3. The van der Waals surface area contributed by atoms with Crippen LogP contribution in [0.5, 0.6) is 0 Å². The third-order valence-corrected chi connectivity index (χ3v) is 8.34. The van der Waals surface area contributed by atoms with E-state index in [1.165, 1.54) is 4.90 Å². The number of thioether (sulfide) groups is 1. The van der Waals surface area contributed by atoms with Crippen molar-refractivity contribution in [3.05, 3.63) is 84.4 Å². The zero-order chi connectivity index (χ0) is 16.6. The molecule has 4 rings (SSSR count). The highest BCUT2D eigenvalue weighted by atomic mass is 32.2. The summed E-state index contributed by atoms with van der Waals surface area (Å²) in [7, 11) is -2.85. The van der Waals surface area contributed by atoms with Crippen LogP contribution < -0.4 is 15.3 Å². The molecule has 1 aliphatic heterocycles. The molecule has 120 valence electrons. The number of anilines is 1. The lowest BCUT2D eigenvalue weighted by atomic mass is 10.2. The fourth-order valence-electron chi connectivity index (χ4n) is 3.25. The Morgan fingerprint density at radius 3 is 2.25 bits per heavy atom. The predicted octanol–water partition coefficient (Wildman–Crippen LogP) is 4.66. The van der Waals surface area contributed by atoms with Crippen LogP contribution in [0.2, 0.25) is 0 Å². The highest BCUT2D eigenvalue weighted by molar-refractivity contribution is 7.98. The number of fused-ring (bicyclic) bond motifs is 1. The lowest BCUT2D eigenvalue weighted by Crippen LogP contribution is -2.24. The van der Waals surface area contributed by atoms with Crippen molar-refractivity contribution in [2.75, 3.05) is 10.9 Å². The normalized spacial score (nSPS) is 19.3. The van der Waals surface area contributed by atoms with E-state index in [9.17, 15) is 4.57 Å². The Kier molecular flexibility index (Phi) is 3.99. The van der Waals surface area contributed by atoms with Crippen molar-refractivity contribution in [3.63, 3.8) is 0 Å². The topological polar surface area (TPSA) is 20.3 Å². The van der Waals surface area contributed by atoms with Crippen molar-refractivity contribution < 1.29 is 4.57 Å². The molecule has 0 spiro atoms. The first-order chi connectivity index (χ1) is 11.7. The molecule has 3 aromatic rings. The first-order valence-electron chi connectivity index (χ1n) is 7.89. The lowest BCUT2D eigenvalue weighted by molar-refractivity contribution is 0.585. The molecule has 0 saturated carbocycles. The summed E-state index contributed by atoms with van der Waals surface area (Å²) in [6.07, 6.45) is 2.05. The molecular formula is C20H18NOPS. The summed E-state index contributed by atoms with van der Waals surface area (Å²) in [5, 5.41) is 1.86. The Morgan fingerprint density at radius 1 is 0.875 bits per heavy atom. The average Bonchev–Trinajstić information content (AvgIpc) is 2.97. The summed E-state index contributed by atoms with van der Waals surface area (Å²) in [5.74, 6) is 0. The van der Waals surface area contributed by atoms with E-state index in [1.807, 2.05) is 60.7 Å². The molecule has 1 aliphatic rings. The van der Waals surface area contributed by atoms with Gasteiger partial charge in [0, 0.05) is 21.2 Å². The van der Waals surface area contributed by atoms with E-state index in [0.29, 0.717) is 6.54 Å². The SMILES string of the molecule is CSc1ccc(P2(=O)c3ccccc3CN2c2ccccc2)cc1. The molecule has 4 heteroatoms. The molecule has 0 radical (unpaired) electrons. The highest BCUT2D eigenvalue weighted by Gasteiger charge is 2.42. The van der Waals surface area contributed by atoms with E-state index in [1.54, 1.807) is 11.8 Å². The number of hydrogen-bond donors (Lipinski definition) is 0. The Labute approximate surface area is 146 Å². The smallest absolute Gasteiger partial charge is 0.230 e. The Bertz CT molecular complexity index is 908. The molecule has 24 heavy (non-hydrogen) atoms. The summed E-state index contributed by atoms with van der Waals surface area (Å²) in [5.41, 5.74) is 2.16. The molecule has 0 bridgehead atoms. The molecule has 0 N–H and O–H groups in total. The summed E-state index contributed by atoms with van der Waals surface area (Å²) in [6.45, 7) is 0.682. The maximum Gasteiger partial charge on any atom is 0.230 e. The van der Waals surface area contributed by atoms with Gasteiger partial charge in [-0.1, -0.05) is 36.4 Å². The average molecular weight is 351 g/mol. The second-order valence-corrected chi connectivity index (χ2v) is 9.31. The minimum absolute atomic E-state index is 0.682. The molecule has 0 aliphatic carbocycles. The first-order valence-corrected chi connectivity index (χ1v) is 10.8. The van der Waals surface area contributed by atoms with E-state index >= 15 is 0 Å². The van der Waals surface area contributed by atoms with Gasteiger partial charge < -0.3 is 4.67 Å². The molecule has 2 nitrogen and oxygen atoms in total. The van der Waals surface area contributed by atoms with Crippen molar-refractivity contribution in [3.8, 4) is 0 Å². The maximum absolute atomic E-state index is 14.3. The summed E-state index contributed by atoms with van der Waals surface area (Å²) in [6, 6.07) is 26.3. The lowest BCUT2D eigenvalue weighted by Gasteiger charge is -2.28. The molecule has 0 saturated heterocycles. The van der Waals surface area contributed by atoms with Gasteiger partial charge >= 0.3 is 0 Å². The second kappa shape index (κ2) is 6.16. The van der Waals surface area contributed by atoms with E-state index in [-0.39, 0.29) is 0 Å². The molecule has 0 fully saturated rings. The fourth-order valence-corrected chi connectivity index (χ4v) is 6.66. The molecule has 1 unspecified atom stereocenters. The zero-order valence-electron chi connectivity index (χ0n) is 13.4. The van der Waals surface area contributed by atoms with Crippen molar-refractivity contribution in [1.82, 2.24) is 0 Å². The minimum atomic E-state index is -2.85. The monoisotopic (exact) mass is 351 g/mol. The van der Waals surface area contributed by atoms with Crippen LogP contribution in [0.25, 0.3) is 0 Å². The number of para-hydroxylation sites is 1. The van der Waals surface area contributed by atoms with Gasteiger partial charge in [-0.2, -0.15) is 0 Å². The largest absolute Gasteiger partial charge is 0.311 e. The van der Waals surface area contributed by atoms with E-state index in [2.05, 4.69) is 29.1 Å². The number of rotatable bonds is 3. The van der Waals surface area contributed by atoms with Gasteiger partial charge in [0.2, 0.25) is 7.29 Å². The Hall–Kier alpha value is -1.96. The van der Waals surface area contributed by atoms with Gasteiger partial charge in [0.15, 0.2) is 0 Å². The van der Waals surface area contributed by atoms with Crippen LogP contribution >= 0.6 is 19.1 Å². The van der Waals surface area contributed by atoms with Crippen molar-refractivity contribution in [1.29, 1.82) is 0 Å². The van der Waals surface area contributed by atoms with Crippen LogP contribution in [0.15, 0.2) is 83.8 Å². The molecule has 0 aromatic heterocycles. The molecule has 0 amide bonds. The van der Waals surface area contributed by atoms with Crippen molar-refractivity contribution in [2.24, 2.45) is 0 Å². The van der Waals surface area contributed by atoms with Crippen LogP contribution in [0.4, 0.5) is 5.69 Å². The standard InChI is InChI=1S/C20H18NOPS/c1-24-19-13-11-18(12-14-19)23(22)20-10-6-5-7-16(20)15-21(23)17-8-3-2-4-9-17/h2-14H,15H2,1H3. The van der Waals surface area contributed by atoms with Crippen LogP contribution in [-0.4, -0.2) is 6.26 Å². The van der Waals surface area contributed by atoms with E-state index in [4.69, 9.17) is 0 Å². The third kappa shape index (κ3) is 2.40. The van der Waals surface area contributed by atoms with Crippen LogP contribution in [0.3, 0.4) is 0 Å². The third-order valence-electron chi connectivity index (χ3n) is 4.45. The van der Waals surface area contributed by atoms with Crippen molar-refractivity contribution in [2.45, 2.75) is 11.4 Å². The summed E-state index contributed by atoms with van der Waals surface area (Å²) >= 11 is 1.70. The maximum atomic E-state index is 14.3. The van der Waals surface area contributed by atoms with Gasteiger partial charge in [0.1, 0.15) is 0 Å². The second-order valence-electron chi connectivity index (χ2n) is 5.80. The van der Waals surface area contributed by atoms with Gasteiger partial charge in [-0.15, -0.1) is 11.8 Å². The predicted molar refractivity (Wildman–Crippen MR) is 104 cm³/mol. The molecule has 1 atom stereocenters. The number of nitrogens with zero attached hydrogens (tertiary/aromatic N) is 1. The van der Waals surface area contributed by atoms with E-state index < -0.39 is 7.29 Å². The van der Waals surface area contributed by atoms with Gasteiger partial charge in [0.05, 0.1) is 6.54 Å².